The molecule has 0 unspecified atom stereocenters. The lowest BCUT2D eigenvalue weighted by atomic mass is 9.96. The number of aromatic nitrogens is 2. The average molecular weight is 421 g/mol. The first kappa shape index (κ1) is 21.9. The van der Waals surface area contributed by atoms with E-state index in [0.717, 1.165) is 24.7 Å². The largest absolute Gasteiger partial charge is 0.444 e. The minimum atomic E-state index is -4.43. The second-order valence-electron chi connectivity index (χ2n) is 8.43. The van der Waals surface area contributed by atoms with Crippen molar-refractivity contribution < 1.29 is 22.7 Å². The molecule has 1 aromatic heterocycles. The maximum atomic E-state index is 13.1. The third kappa shape index (κ3) is 5.04. The van der Waals surface area contributed by atoms with E-state index in [4.69, 9.17) is 4.74 Å². The fraction of sp³-hybridized carbons (Fsp3) is 0.455. The average Bonchev–Trinajstić information content (AvgIpc) is 3.15. The van der Waals surface area contributed by atoms with Crippen LogP contribution in [0.2, 0.25) is 0 Å². The Labute approximate surface area is 173 Å². The van der Waals surface area contributed by atoms with Gasteiger partial charge in [-0.25, -0.2) is 9.78 Å². The highest BCUT2D eigenvalue weighted by Crippen LogP contribution is 2.35. The van der Waals surface area contributed by atoms with E-state index in [1.54, 1.807) is 11.1 Å². The van der Waals surface area contributed by atoms with Crippen LogP contribution in [-0.4, -0.2) is 39.7 Å². The van der Waals surface area contributed by atoms with Gasteiger partial charge in [-0.1, -0.05) is 18.7 Å². The van der Waals surface area contributed by atoms with E-state index in [-0.39, 0.29) is 17.6 Å². The zero-order valence-electron chi connectivity index (χ0n) is 17.3. The SMILES string of the molecule is C=Cc1cc(-c2cnc(C3CCN(C(=O)OC(C)(C)C)CC3)[nH]2)ccc1C(F)(F)F. The van der Waals surface area contributed by atoms with Crippen molar-refractivity contribution in [3.8, 4) is 11.3 Å². The van der Waals surface area contributed by atoms with Crippen LogP contribution >= 0.6 is 0 Å². The quantitative estimate of drug-likeness (QED) is 0.676. The summed E-state index contributed by atoms with van der Waals surface area (Å²) in [5.41, 5.74) is 0.0482. The van der Waals surface area contributed by atoms with E-state index in [0.29, 0.717) is 24.3 Å². The summed E-state index contributed by atoms with van der Waals surface area (Å²) in [5.74, 6) is 0.916. The molecule has 1 aliphatic heterocycles. The van der Waals surface area contributed by atoms with Crippen LogP contribution in [0.3, 0.4) is 0 Å². The highest BCUT2D eigenvalue weighted by Gasteiger charge is 2.33. The number of carbonyl (C=O) groups is 1. The number of nitrogens with one attached hydrogen (secondary N) is 1. The van der Waals surface area contributed by atoms with E-state index in [2.05, 4.69) is 16.5 Å². The molecule has 1 saturated heterocycles. The van der Waals surface area contributed by atoms with Crippen LogP contribution in [0.1, 0.15) is 56.5 Å². The number of imidazole rings is 1. The molecule has 1 aliphatic rings. The molecule has 1 fully saturated rings. The minimum absolute atomic E-state index is 0.0295. The normalized spacial score (nSPS) is 15.9. The molecule has 1 aromatic carbocycles. The number of rotatable bonds is 3. The molecular formula is C22H26F3N3O2. The van der Waals surface area contributed by atoms with Crippen molar-refractivity contribution in [3.05, 3.63) is 47.9 Å². The Bertz CT molecular complexity index is 920. The summed E-state index contributed by atoms with van der Waals surface area (Å²) < 4.78 is 44.7. The Morgan fingerprint density at radius 2 is 1.93 bits per heavy atom. The van der Waals surface area contributed by atoms with Crippen molar-refractivity contribution in [2.45, 2.75) is 51.3 Å². The molecule has 5 nitrogen and oxygen atoms in total. The summed E-state index contributed by atoms with van der Waals surface area (Å²) in [6.07, 6.45) is -0.443. The zero-order valence-corrected chi connectivity index (χ0v) is 17.3. The van der Waals surface area contributed by atoms with E-state index in [9.17, 15) is 18.0 Å². The molecular weight excluding hydrogens is 395 g/mol. The molecule has 30 heavy (non-hydrogen) atoms. The maximum Gasteiger partial charge on any atom is 0.416 e. The Balaban J connectivity index is 1.69. The standard InChI is InChI=1S/C22H26F3N3O2/c1-5-14-12-16(6-7-17(14)22(23,24)25)18-13-26-19(27-18)15-8-10-28(11-9-15)20(29)30-21(2,3)4/h5-7,12-13,15H,1,8-11H2,2-4H3,(H,26,27). The molecule has 0 saturated carbocycles. The molecule has 162 valence electrons. The zero-order chi connectivity index (χ0) is 22.1. The van der Waals surface area contributed by atoms with Crippen molar-refractivity contribution in [3.63, 3.8) is 0 Å². The second kappa shape index (κ2) is 8.16. The highest BCUT2D eigenvalue weighted by molar-refractivity contribution is 5.68. The number of halogens is 3. The van der Waals surface area contributed by atoms with Gasteiger partial charge in [0.15, 0.2) is 0 Å². The Hall–Kier alpha value is -2.77. The van der Waals surface area contributed by atoms with Gasteiger partial charge in [0.05, 0.1) is 17.5 Å². The molecule has 8 heteroatoms. The first-order chi connectivity index (χ1) is 14.0. The van der Waals surface area contributed by atoms with Crippen molar-refractivity contribution in [2.24, 2.45) is 0 Å². The van der Waals surface area contributed by atoms with Crippen molar-refractivity contribution >= 4 is 12.2 Å². The van der Waals surface area contributed by atoms with Gasteiger partial charge in [-0.3, -0.25) is 0 Å². The molecule has 3 rings (SSSR count). The number of H-pyrrole nitrogens is 1. The smallest absolute Gasteiger partial charge is 0.416 e. The third-order valence-corrected chi connectivity index (χ3v) is 5.02. The van der Waals surface area contributed by atoms with Crippen LogP contribution < -0.4 is 0 Å². The number of likely N-dealkylation sites (tertiary alicyclic amines) is 1. The second-order valence-corrected chi connectivity index (χ2v) is 8.43. The van der Waals surface area contributed by atoms with Gasteiger partial charge in [-0.05, 0) is 51.3 Å². The van der Waals surface area contributed by atoms with Gasteiger partial charge < -0.3 is 14.6 Å². The van der Waals surface area contributed by atoms with Crippen LogP contribution in [0.25, 0.3) is 17.3 Å². The molecule has 2 aromatic rings. The van der Waals surface area contributed by atoms with Crippen LogP contribution in [0.15, 0.2) is 31.0 Å². The molecule has 0 atom stereocenters. The Morgan fingerprint density at radius 3 is 2.50 bits per heavy atom. The molecule has 0 spiro atoms. The Kier molecular flexibility index (Phi) is 5.97. The van der Waals surface area contributed by atoms with Gasteiger partial charge in [-0.2, -0.15) is 13.2 Å². The van der Waals surface area contributed by atoms with Gasteiger partial charge >= 0.3 is 12.3 Å². The molecule has 1 N–H and O–H groups in total. The fourth-order valence-electron chi connectivity index (χ4n) is 3.51. The molecule has 0 bridgehead atoms. The van der Waals surface area contributed by atoms with Crippen molar-refractivity contribution in [1.29, 1.82) is 0 Å². The maximum absolute atomic E-state index is 13.1. The molecule has 2 heterocycles. The van der Waals surface area contributed by atoms with Gasteiger partial charge in [0.1, 0.15) is 11.4 Å². The molecule has 0 aliphatic carbocycles. The van der Waals surface area contributed by atoms with Crippen molar-refractivity contribution in [2.75, 3.05) is 13.1 Å². The lowest BCUT2D eigenvalue weighted by Gasteiger charge is -2.32. The number of amides is 1. The van der Waals surface area contributed by atoms with E-state index >= 15 is 0 Å². The summed E-state index contributed by atoms with van der Waals surface area (Å²) in [6.45, 7) is 10.1. The fourth-order valence-corrected chi connectivity index (χ4v) is 3.51. The number of hydrogen-bond donors (Lipinski definition) is 1. The topological polar surface area (TPSA) is 58.2 Å². The van der Waals surface area contributed by atoms with Crippen LogP contribution in [0.5, 0.6) is 0 Å². The number of piperidine rings is 1. The monoisotopic (exact) mass is 421 g/mol. The number of nitrogens with zero attached hydrogens (tertiary/aromatic N) is 2. The van der Waals surface area contributed by atoms with E-state index in [1.165, 1.54) is 18.2 Å². The van der Waals surface area contributed by atoms with Gasteiger partial charge in [0.25, 0.3) is 0 Å². The minimum Gasteiger partial charge on any atom is -0.444 e. The summed E-state index contributed by atoms with van der Waals surface area (Å²) >= 11 is 0. The van der Waals surface area contributed by atoms with Crippen LogP contribution in [-0.2, 0) is 10.9 Å². The Morgan fingerprint density at radius 1 is 1.27 bits per heavy atom. The lowest BCUT2D eigenvalue weighted by molar-refractivity contribution is -0.137. The van der Waals surface area contributed by atoms with E-state index < -0.39 is 17.3 Å². The number of aromatic amines is 1. The van der Waals surface area contributed by atoms with Crippen LogP contribution in [0, 0.1) is 0 Å². The summed E-state index contributed by atoms with van der Waals surface area (Å²) in [7, 11) is 0. The molecule has 0 radical (unpaired) electrons. The third-order valence-electron chi connectivity index (χ3n) is 5.02. The van der Waals surface area contributed by atoms with Gasteiger partial charge in [0.2, 0.25) is 0 Å². The number of alkyl halides is 3. The van der Waals surface area contributed by atoms with E-state index in [1.807, 2.05) is 20.8 Å². The van der Waals surface area contributed by atoms with Gasteiger partial charge in [-0.15, -0.1) is 0 Å². The number of hydrogen-bond acceptors (Lipinski definition) is 3. The summed E-state index contributed by atoms with van der Waals surface area (Å²) in [4.78, 5) is 21.6. The van der Waals surface area contributed by atoms with Gasteiger partial charge in [0, 0.05) is 24.6 Å². The first-order valence-electron chi connectivity index (χ1n) is 9.85. The predicted molar refractivity (Wildman–Crippen MR) is 109 cm³/mol. The first-order valence-corrected chi connectivity index (χ1v) is 9.85. The lowest BCUT2D eigenvalue weighted by Crippen LogP contribution is -2.41. The van der Waals surface area contributed by atoms with Crippen molar-refractivity contribution in [1.82, 2.24) is 14.9 Å². The van der Waals surface area contributed by atoms with Crippen LogP contribution in [0.4, 0.5) is 18.0 Å². The summed E-state index contributed by atoms with van der Waals surface area (Å²) in [5, 5.41) is 0. The number of benzene rings is 1. The predicted octanol–water partition coefficient (Wildman–Crippen LogP) is 5.85. The number of carbonyl (C=O) groups excluding carboxylic acids is 1. The summed E-state index contributed by atoms with van der Waals surface area (Å²) in [6, 6.07) is 3.95. The number of ether oxygens (including phenoxy) is 1. The molecule has 1 amide bonds. The highest BCUT2D eigenvalue weighted by atomic mass is 19.4.